The van der Waals surface area contributed by atoms with Gasteiger partial charge >= 0.3 is 6.03 Å². The number of hydrogen-bond acceptors (Lipinski definition) is 5. The molecule has 10 heteroatoms. The van der Waals surface area contributed by atoms with Crippen molar-refractivity contribution in [2.75, 3.05) is 17.6 Å². The summed E-state index contributed by atoms with van der Waals surface area (Å²) in [6.45, 7) is 0.697. The van der Waals surface area contributed by atoms with Crippen LogP contribution in [-0.4, -0.2) is 78.7 Å². The molecule has 3 aliphatic rings. The van der Waals surface area contributed by atoms with E-state index in [0.717, 1.165) is 36.8 Å². The first-order valence-corrected chi connectivity index (χ1v) is 14.8. The average Bonchev–Trinajstić information content (AvgIpc) is 2.95. The van der Waals surface area contributed by atoms with Crippen LogP contribution in [-0.2, 0) is 22.6 Å². The molecule has 202 valence electrons. The Kier molecular flexibility index (Phi) is 8.37. The van der Waals surface area contributed by atoms with Crippen LogP contribution in [0.2, 0.25) is 0 Å². The summed E-state index contributed by atoms with van der Waals surface area (Å²) in [5, 5.41) is 16.2. The summed E-state index contributed by atoms with van der Waals surface area (Å²) >= 11 is 2.18. The number of hydrogen-bond donors (Lipinski definition) is 2. The van der Waals surface area contributed by atoms with Crippen molar-refractivity contribution in [1.29, 1.82) is 0 Å². The lowest BCUT2D eigenvalue weighted by molar-refractivity contribution is -0.190. The number of carbonyl (C=O) groups excluding carboxylic acids is 3. The Hall–Kier alpha value is -2.86. The van der Waals surface area contributed by atoms with Gasteiger partial charge in [0.2, 0.25) is 11.8 Å². The van der Waals surface area contributed by atoms with Gasteiger partial charge in [0, 0.05) is 19.0 Å². The van der Waals surface area contributed by atoms with Gasteiger partial charge in [0.05, 0.1) is 17.6 Å². The number of nitrogens with one attached hydrogen (secondary N) is 1. The monoisotopic (exact) mass is 631 g/mol. The number of nitrogens with zero attached hydrogens (tertiary/aromatic N) is 4. The maximum Gasteiger partial charge on any atom is 0.334 e. The summed E-state index contributed by atoms with van der Waals surface area (Å²) in [4.78, 5) is 44.8. The Balaban J connectivity index is 1.46. The Bertz CT molecular complexity index is 1140. The summed E-state index contributed by atoms with van der Waals surface area (Å²) in [6, 6.07) is 15.6. The number of fused-ring (bicyclic) bond motifs is 1. The number of piperazine rings is 1. The first-order valence-electron chi connectivity index (χ1n) is 13.3. The largest absolute Gasteiger partial charge is 0.508 e. The molecule has 38 heavy (non-hydrogen) atoms. The van der Waals surface area contributed by atoms with Crippen molar-refractivity contribution in [2.45, 2.75) is 63.3 Å². The fourth-order valence-corrected chi connectivity index (χ4v) is 6.46. The third-order valence-corrected chi connectivity index (χ3v) is 8.58. The van der Waals surface area contributed by atoms with E-state index in [9.17, 15) is 19.5 Å². The molecule has 9 nitrogen and oxygen atoms in total. The molecule has 2 aromatic rings. The second kappa shape index (κ2) is 11.9. The molecule has 2 heterocycles. The van der Waals surface area contributed by atoms with Gasteiger partial charge in [-0.15, -0.1) is 0 Å². The molecule has 0 radical (unpaired) electrons. The number of phenolic OH excluding ortho intramolecular Hbond substituents is 1. The maximum atomic E-state index is 14.0. The molecule has 1 aliphatic carbocycles. The number of hydrazine groups is 1. The maximum absolute atomic E-state index is 14.0. The van der Waals surface area contributed by atoms with Gasteiger partial charge in [0.1, 0.15) is 18.0 Å². The smallest absolute Gasteiger partial charge is 0.334 e. The van der Waals surface area contributed by atoms with E-state index in [4.69, 9.17) is 0 Å². The molecule has 0 aromatic heterocycles. The predicted molar refractivity (Wildman–Crippen MR) is 151 cm³/mol. The Morgan fingerprint density at radius 3 is 2.37 bits per heavy atom. The van der Waals surface area contributed by atoms with E-state index in [1.165, 1.54) is 6.42 Å². The van der Waals surface area contributed by atoms with Crippen LogP contribution in [0.5, 0.6) is 5.75 Å². The predicted octanol–water partition coefficient (Wildman–Crippen LogP) is 3.47. The molecule has 2 saturated heterocycles. The number of carbonyl (C=O) groups is 3. The van der Waals surface area contributed by atoms with E-state index in [1.54, 1.807) is 39.2 Å². The lowest BCUT2D eigenvalue weighted by Crippen LogP contribution is -2.77. The van der Waals surface area contributed by atoms with Crippen LogP contribution in [0.3, 0.4) is 0 Å². The van der Waals surface area contributed by atoms with Gasteiger partial charge in [-0.3, -0.25) is 9.59 Å². The quantitative estimate of drug-likeness (QED) is 0.290. The zero-order chi connectivity index (χ0) is 26.6. The van der Waals surface area contributed by atoms with Gasteiger partial charge in [-0.1, -0.05) is 84.3 Å². The summed E-state index contributed by atoms with van der Waals surface area (Å²) < 4.78 is 0.465. The first kappa shape index (κ1) is 26.7. The average molecular weight is 632 g/mol. The Morgan fingerprint density at radius 1 is 0.974 bits per heavy atom. The van der Waals surface area contributed by atoms with Crippen LogP contribution in [0.1, 0.15) is 43.2 Å². The van der Waals surface area contributed by atoms with E-state index in [1.807, 2.05) is 35.2 Å². The van der Waals surface area contributed by atoms with Crippen LogP contribution >= 0.6 is 22.6 Å². The minimum absolute atomic E-state index is 0.0288. The molecule has 1 saturated carbocycles. The molecule has 0 unspecified atom stereocenters. The standard InChI is InChI=1S/C28H34IN5O4/c29-19-31-18-26(36)33-24(15-20-11-13-23(35)14-12-20)27(37)32(22-9-5-2-6-10-22)17-25(33)34(31)28(38)30-16-21-7-3-1-4-8-21/h1,3-4,7-8,11-14,22,24-25,35H,2,5-6,9-10,15-19H2,(H,30,38)/t24-,25-/m0/s1. The van der Waals surface area contributed by atoms with Crippen molar-refractivity contribution in [3.8, 4) is 5.75 Å². The first-order chi connectivity index (χ1) is 18.5. The minimum Gasteiger partial charge on any atom is -0.508 e. The fraction of sp³-hybridized carbons (Fsp3) is 0.464. The minimum atomic E-state index is -0.714. The van der Waals surface area contributed by atoms with Crippen LogP contribution in [0, 0.1) is 0 Å². The second-order valence-corrected chi connectivity index (χ2v) is 10.9. The van der Waals surface area contributed by atoms with Gasteiger partial charge in [0.15, 0.2) is 0 Å². The molecule has 5 rings (SSSR count). The topological polar surface area (TPSA) is 96.4 Å². The lowest BCUT2D eigenvalue weighted by Gasteiger charge is -2.56. The van der Waals surface area contributed by atoms with Crippen molar-refractivity contribution >= 4 is 40.4 Å². The number of halogens is 1. The third kappa shape index (κ3) is 5.61. The number of alkyl halides is 1. The summed E-state index contributed by atoms with van der Waals surface area (Å²) in [6.07, 6.45) is 4.93. The highest BCUT2D eigenvalue weighted by atomic mass is 127. The third-order valence-electron chi connectivity index (χ3n) is 7.79. The SMILES string of the molecule is O=C1[C@H](Cc2ccc(O)cc2)N2C(=O)CN(CI)N(C(=O)NCc3ccccc3)[C@H]2CN1C1CCCCC1. The Labute approximate surface area is 236 Å². The van der Waals surface area contributed by atoms with Crippen molar-refractivity contribution in [3.63, 3.8) is 0 Å². The number of phenols is 1. The van der Waals surface area contributed by atoms with Gasteiger partial charge in [-0.2, -0.15) is 5.01 Å². The molecule has 4 amide bonds. The van der Waals surface area contributed by atoms with Gasteiger partial charge < -0.3 is 20.2 Å². The lowest BCUT2D eigenvalue weighted by atomic mass is 9.91. The molecule has 0 bridgehead atoms. The Morgan fingerprint density at radius 2 is 1.68 bits per heavy atom. The van der Waals surface area contributed by atoms with Crippen molar-refractivity contribution < 1.29 is 19.5 Å². The molecular formula is C28H34IN5O4. The molecule has 2 N–H and O–H groups in total. The highest BCUT2D eigenvalue weighted by Gasteiger charge is 2.52. The van der Waals surface area contributed by atoms with E-state index in [-0.39, 0.29) is 36.2 Å². The molecule has 0 spiro atoms. The van der Waals surface area contributed by atoms with Crippen LogP contribution in [0.4, 0.5) is 4.79 Å². The van der Waals surface area contributed by atoms with Crippen molar-refractivity contribution in [1.82, 2.24) is 25.1 Å². The van der Waals surface area contributed by atoms with Crippen molar-refractivity contribution in [2.24, 2.45) is 0 Å². The summed E-state index contributed by atoms with van der Waals surface area (Å²) in [5.74, 6) is -0.0558. The highest BCUT2D eigenvalue weighted by Crippen LogP contribution is 2.33. The molecule has 2 aliphatic heterocycles. The van der Waals surface area contributed by atoms with E-state index >= 15 is 0 Å². The van der Waals surface area contributed by atoms with Crippen LogP contribution < -0.4 is 5.32 Å². The molecular weight excluding hydrogens is 597 g/mol. The van der Waals surface area contributed by atoms with Crippen LogP contribution in [0.25, 0.3) is 0 Å². The van der Waals surface area contributed by atoms with Crippen LogP contribution in [0.15, 0.2) is 54.6 Å². The van der Waals surface area contributed by atoms with E-state index in [0.29, 0.717) is 24.1 Å². The number of rotatable bonds is 6. The zero-order valence-corrected chi connectivity index (χ0v) is 23.5. The summed E-state index contributed by atoms with van der Waals surface area (Å²) in [5.41, 5.74) is 1.84. The number of benzene rings is 2. The molecule has 2 atom stereocenters. The van der Waals surface area contributed by atoms with Crippen molar-refractivity contribution in [3.05, 3.63) is 65.7 Å². The normalized spacial score (nSPS) is 22.9. The number of urea groups is 1. The molecule has 2 aromatic carbocycles. The zero-order valence-electron chi connectivity index (χ0n) is 21.3. The summed E-state index contributed by atoms with van der Waals surface area (Å²) in [7, 11) is 0. The molecule has 3 fully saturated rings. The van der Waals surface area contributed by atoms with Gasteiger partial charge in [-0.25, -0.2) is 9.80 Å². The second-order valence-electron chi connectivity index (χ2n) is 10.2. The fourth-order valence-electron chi connectivity index (χ4n) is 5.89. The van der Waals surface area contributed by atoms with Gasteiger partial charge in [0.25, 0.3) is 0 Å². The number of amides is 4. The highest BCUT2D eigenvalue weighted by molar-refractivity contribution is 14.1. The van der Waals surface area contributed by atoms with E-state index in [2.05, 4.69) is 27.9 Å². The van der Waals surface area contributed by atoms with Gasteiger partial charge in [-0.05, 0) is 36.1 Å². The van der Waals surface area contributed by atoms with E-state index < -0.39 is 12.2 Å². The number of aromatic hydroxyl groups is 1.